The standard InChI is InChI=1S/C20H17NO.2H2S/c22-20(19-12-18(19)15-4-2-1-3-5-15)11-14-6-7-17-13-21-9-8-16(17)10-14;;/h1-10,13,18-19H,11-12H2;2*1H2/t18-,19+;;/m1../s1. The van der Waals surface area contributed by atoms with E-state index in [4.69, 9.17) is 0 Å². The molecule has 2 atom stereocenters. The van der Waals surface area contributed by atoms with E-state index in [0.717, 1.165) is 22.8 Å². The van der Waals surface area contributed by atoms with Crippen LogP contribution in [0.3, 0.4) is 0 Å². The van der Waals surface area contributed by atoms with E-state index in [9.17, 15) is 4.79 Å². The molecule has 24 heavy (non-hydrogen) atoms. The summed E-state index contributed by atoms with van der Waals surface area (Å²) < 4.78 is 0. The van der Waals surface area contributed by atoms with Gasteiger partial charge >= 0.3 is 0 Å². The lowest BCUT2D eigenvalue weighted by atomic mass is 10.0. The van der Waals surface area contributed by atoms with Crippen molar-refractivity contribution >= 4 is 43.5 Å². The van der Waals surface area contributed by atoms with Crippen LogP contribution in [-0.2, 0) is 11.2 Å². The molecule has 1 saturated carbocycles. The van der Waals surface area contributed by atoms with Gasteiger partial charge in [-0.15, -0.1) is 0 Å². The predicted molar refractivity (Wildman–Crippen MR) is 109 cm³/mol. The van der Waals surface area contributed by atoms with Crippen LogP contribution in [0.2, 0.25) is 0 Å². The Morgan fingerprint density at radius 3 is 2.58 bits per heavy atom. The molecule has 0 spiro atoms. The lowest BCUT2D eigenvalue weighted by molar-refractivity contribution is -0.119. The van der Waals surface area contributed by atoms with Crippen LogP contribution in [0.4, 0.5) is 0 Å². The maximum atomic E-state index is 12.5. The highest BCUT2D eigenvalue weighted by molar-refractivity contribution is 7.59. The fraction of sp³-hybridized carbons (Fsp3) is 0.200. The van der Waals surface area contributed by atoms with Gasteiger partial charge in [0.1, 0.15) is 5.78 Å². The summed E-state index contributed by atoms with van der Waals surface area (Å²) in [5, 5.41) is 2.27. The molecule has 0 bridgehead atoms. The number of hydrogen-bond acceptors (Lipinski definition) is 2. The Morgan fingerprint density at radius 1 is 1.00 bits per heavy atom. The first-order valence-corrected chi connectivity index (χ1v) is 7.71. The van der Waals surface area contributed by atoms with E-state index in [0.29, 0.717) is 18.1 Å². The van der Waals surface area contributed by atoms with Gasteiger partial charge < -0.3 is 0 Å². The zero-order chi connectivity index (χ0) is 14.9. The van der Waals surface area contributed by atoms with E-state index in [1.54, 1.807) is 6.20 Å². The summed E-state index contributed by atoms with van der Waals surface area (Å²) in [4.78, 5) is 16.6. The number of rotatable bonds is 4. The van der Waals surface area contributed by atoms with Crippen molar-refractivity contribution in [2.75, 3.05) is 0 Å². The molecule has 4 rings (SSSR count). The van der Waals surface area contributed by atoms with E-state index >= 15 is 0 Å². The lowest BCUT2D eigenvalue weighted by Gasteiger charge is -2.04. The molecule has 1 aliphatic carbocycles. The van der Waals surface area contributed by atoms with Gasteiger partial charge in [0.05, 0.1) is 0 Å². The molecule has 0 N–H and O–H groups in total. The minimum atomic E-state index is 0. The van der Waals surface area contributed by atoms with Crippen molar-refractivity contribution in [2.45, 2.75) is 18.8 Å². The van der Waals surface area contributed by atoms with Gasteiger partial charge in [-0.2, -0.15) is 27.0 Å². The number of pyridine rings is 1. The second-order valence-electron chi connectivity index (χ2n) is 6.06. The van der Waals surface area contributed by atoms with Crippen molar-refractivity contribution in [2.24, 2.45) is 5.92 Å². The topological polar surface area (TPSA) is 30.0 Å². The summed E-state index contributed by atoms with van der Waals surface area (Å²) in [5.41, 5.74) is 2.40. The van der Waals surface area contributed by atoms with Crippen LogP contribution in [0.5, 0.6) is 0 Å². The molecule has 0 saturated heterocycles. The Labute approximate surface area is 156 Å². The first kappa shape index (κ1) is 18.6. The Kier molecular flexibility index (Phi) is 6.08. The monoisotopic (exact) mass is 355 g/mol. The van der Waals surface area contributed by atoms with Crippen molar-refractivity contribution < 1.29 is 4.79 Å². The number of hydrogen-bond donors (Lipinski definition) is 0. The van der Waals surface area contributed by atoms with E-state index in [2.05, 4.69) is 23.2 Å². The summed E-state index contributed by atoms with van der Waals surface area (Å²) in [6.45, 7) is 0. The highest BCUT2D eigenvalue weighted by Crippen LogP contribution is 2.48. The van der Waals surface area contributed by atoms with Crippen LogP contribution in [0.25, 0.3) is 10.8 Å². The van der Waals surface area contributed by atoms with Gasteiger partial charge in [-0.25, -0.2) is 0 Å². The molecule has 2 aromatic carbocycles. The molecular formula is C20H21NOS2. The van der Waals surface area contributed by atoms with Gasteiger partial charge in [0.25, 0.3) is 0 Å². The lowest BCUT2D eigenvalue weighted by Crippen LogP contribution is -2.06. The SMILES string of the molecule is O=C(Cc1ccc2cnccc2c1)[C@H]1C[C@@H]1c1ccccc1.S.S. The molecule has 0 unspecified atom stereocenters. The largest absolute Gasteiger partial charge is 0.299 e. The van der Waals surface area contributed by atoms with Crippen LogP contribution in [0.1, 0.15) is 23.5 Å². The second kappa shape index (κ2) is 7.86. The summed E-state index contributed by atoms with van der Waals surface area (Å²) in [6.07, 6.45) is 5.18. The third-order valence-electron chi connectivity index (χ3n) is 4.52. The number of fused-ring (bicyclic) bond motifs is 1. The summed E-state index contributed by atoms with van der Waals surface area (Å²) in [6, 6.07) is 18.6. The average molecular weight is 356 g/mol. The van der Waals surface area contributed by atoms with E-state index in [1.807, 2.05) is 42.6 Å². The highest BCUT2D eigenvalue weighted by atomic mass is 32.1. The van der Waals surface area contributed by atoms with Crippen LogP contribution in [-0.4, -0.2) is 10.8 Å². The quantitative estimate of drug-likeness (QED) is 0.695. The van der Waals surface area contributed by atoms with Crippen LogP contribution in [0, 0.1) is 5.92 Å². The van der Waals surface area contributed by atoms with Crippen molar-refractivity contribution in [3.63, 3.8) is 0 Å². The average Bonchev–Trinajstić information content (AvgIpc) is 3.36. The van der Waals surface area contributed by atoms with Gasteiger partial charge in [0.15, 0.2) is 0 Å². The Bertz CT molecular complexity index is 835. The Hall–Kier alpha value is -1.78. The highest BCUT2D eigenvalue weighted by Gasteiger charge is 2.43. The van der Waals surface area contributed by atoms with Crippen molar-refractivity contribution in [1.29, 1.82) is 0 Å². The number of carbonyl (C=O) groups is 1. The molecule has 1 heterocycles. The first-order valence-electron chi connectivity index (χ1n) is 7.71. The number of benzene rings is 2. The molecule has 2 nitrogen and oxygen atoms in total. The van der Waals surface area contributed by atoms with Gasteiger partial charge in [0.2, 0.25) is 0 Å². The maximum Gasteiger partial charge on any atom is 0.140 e. The van der Waals surface area contributed by atoms with Crippen LogP contribution < -0.4 is 0 Å². The third kappa shape index (κ3) is 3.82. The van der Waals surface area contributed by atoms with E-state index < -0.39 is 0 Å². The number of carbonyl (C=O) groups excluding carboxylic acids is 1. The molecule has 124 valence electrons. The fourth-order valence-corrected chi connectivity index (χ4v) is 3.19. The molecule has 1 fully saturated rings. The Morgan fingerprint density at radius 2 is 1.79 bits per heavy atom. The van der Waals surface area contributed by atoms with Gasteiger partial charge in [-0.3, -0.25) is 9.78 Å². The van der Waals surface area contributed by atoms with Crippen LogP contribution >= 0.6 is 27.0 Å². The minimum absolute atomic E-state index is 0. The van der Waals surface area contributed by atoms with Crippen molar-refractivity contribution in [1.82, 2.24) is 4.98 Å². The van der Waals surface area contributed by atoms with E-state index in [1.165, 1.54) is 5.56 Å². The normalized spacial score (nSPS) is 18.3. The summed E-state index contributed by atoms with van der Waals surface area (Å²) in [7, 11) is 0. The molecule has 3 aromatic rings. The van der Waals surface area contributed by atoms with Gasteiger partial charge in [-0.1, -0.05) is 48.5 Å². The molecular weight excluding hydrogens is 334 g/mol. The molecule has 0 amide bonds. The van der Waals surface area contributed by atoms with Gasteiger partial charge in [-0.05, 0) is 34.9 Å². The fourth-order valence-electron chi connectivity index (χ4n) is 3.19. The number of Topliss-reactive ketones (excluding diaryl/α,β-unsaturated/α-hetero) is 1. The Balaban J connectivity index is 0.00000104. The zero-order valence-electron chi connectivity index (χ0n) is 13.3. The number of ketones is 1. The second-order valence-corrected chi connectivity index (χ2v) is 6.06. The summed E-state index contributed by atoms with van der Waals surface area (Å²) >= 11 is 0. The number of nitrogens with zero attached hydrogens (tertiary/aromatic N) is 1. The molecule has 0 aliphatic heterocycles. The predicted octanol–water partition coefficient (Wildman–Crippen LogP) is 4.38. The molecule has 1 aliphatic rings. The molecule has 4 heteroatoms. The van der Waals surface area contributed by atoms with Crippen LogP contribution in [0.15, 0.2) is 67.0 Å². The zero-order valence-corrected chi connectivity index (χ0v) is 15.3. The first-order chi connectivity index (χ1) is 10.8. The molecule has 1 aromatic heterocycles. The summed E-state index contributed by atoms with van der Waals surface area (Å²) in [5.74, 6) is 0.996. The minimum Gasteiger partial charge on any atom is -0.299 e. The maximum absolute atomic E-state index is 12.5. The number of aromatic nitrogens is 1. The smallest absolute Gasteiger partial charge is 0.140 e. The third-order valence-corrected chi connectivity index (χ3v) is 4.52. The van der Waals surface area contributed by atoms with Gasteiger partial charge in [0, 0.05) is 30.1 Å². The van der Waals surface area contributed by atoms with E-state index in [-0.39, 0.29) is 32.9 Å². The molecule has 0 radical (unpaired) electrons. The van der Waals surface area contributed by atoms with Crippen molar-refractivity contribution in [3.05, 3.63) is 78.1 Å². The van der Waals surface area contributed by atoms with Crippen molar-refractivity contribution in [3.8, 4) is 0 Å².